The first-order valence-electron chi connectivity index (χ1n) is 8.99. The van der Waals surface area contributed by atoms with E-state index in [1.54, 1.807) is 0 Å². The summed E-state index contributed by atoms with van der Waals surface area (Å²) < 4.78 is 5.32. The van der Waals surface area contributed by atoms with Crippen molar-refractivity contribution in [3.63, 3.8) is 0 Å². The van der Waals surface area contributed by atoms with Gasteiger partial charge in [-0.3, -0.25) is 4.79 Å². The Labute approximate surface area is 149 Å². The average Bonchev–Trinajstić information content (AvgIpc) is 2.80. The molecule has 4 nitrogen and oxygen atoms in total. The van der Waals surface area contributed by atoms with Gasteiger partial charge in [-0.2, -0.15) is 0 Å². The van der Waals surface area contributed by atoms with Gasteiger partial charge in [0.1, 0.15) is 5.00 Å². The van der Waals surface area contributed by atoms with Crippen molar-refractivity contribution in [3.8, 4) is 0 Å². The van der Waals surface area contributed by atoms with E-state index in [1.807, 2.05) is 27.7 Å². The van der Waals surface area contributed by atoms with Crippen LogP contribution in [0.5, 0.6) is 0 Å². The van der Waals surface area contributed by atoms with E-state index in [2.05, 4.69) is 5.32 Å². The molecule has 0 aromatic carbocycles. The second-order valence-electron chi connectivity index (χ2n) is 7.03. The van der Waals surface area contributed by atoms with Crippen molar-refractivity contribution in [2.75, 3.05) is 5.32 Å². The summed E-state index contributed by atoms with van der Waals surface area (Å²) in [6.45, 7) is 7.52. The fourth-order valence-corrected chi connectivity index (χ4v) is 4.30. The minimum atomic E-state index is -0.352. The van der Waals surface area contributed by atoms with Gasteiger partial charge in [0.05, 0.1) is 11.7 Å². The first kappa shape index (κ1) is 19.0. The van der Waals surface area contributed by atoms with E-state index >= 15 is 0 Å². The minimum Gasteiger partial charge on any atom is -0.459 e. The Morgan fingerprint density at radius 1 is 1.21 bits per heavy atom. The first-order valence-corrected chi connectivity index (χ1v) is 9.81. The van der Waals surface area contributed by atoms with Crippen molar-refractivity contribution in [3.05, 3.63) is 16.0 Å². The molecule has 0 radical (unpaired) electrons. The summed E-state index contributed by atoms with van der Waals surface area (Å²) in [5, 5.41) is 3.57. The van der Waals surface area contributed by atoms with E-state index in [0.717, 1.165) is 16.9 Å². The fraction of sp³-hybridized carbons (Fsp3) is 0.684. The molecule has 1 N–H and O–H groups in total. The van der Waals surface area contributed by atoms with Crippen molar-refractivity contribution in [1.29, 1.82) is 0 Å². The molecule has 134 valence electrons. The lowest BCUT2D eigenvalue weighted by Gasteiger charge is -2.21. The average molecular weight is 352 g/mol. The van der Waals surface area contributed by atoms with Crippen LogP contribution in [0.3, 0.4) is 0 Å². The molecular formula is C19H29NO3S. The van der Waals surface area contributed by atoms with Gasteiger partial charge >= 0.3 is 5.97 Å². The van der Waals surface area contributed by atoms with Crippen molar-refractivity contribution >= 4 is 28.2 Å². The number of ether oxygens (including phenoxy) is 1. The third kappa shape index (κ3) is 5.07. The zero-order chi connectivity index (χ0) is 17.7. The van der Waals surface area contributed by atoms with Crippen LogP contribution in [0.15, 0.2) is 0 Å². The summed E-state index contributed by atoms with van der Waals surface area (Å²) >= 11 is 1.45. The van der Waals surface area contributed by atoms with Crippen LogP contribution in [-0.2, 0) is 9.53 Å². The molecule has 1 aromatic rings. The maximum Gasteiger partial charge on any atom is 0.341 e. The lowest BCUT2D eigenvalue weighted by Crippen LogP contribution is -2.17. The molecule has 1 aromatic heterocycles. The minimum absolute atomic E-state index is 0.000389. The van der Waals surface area contributed by atoms with E-state index in [1.165, 1.54) is 43.4 Å². The molecule has 0 atom stereocenters. The third-order valence-electron chi connectivity index (χ3n) is 4.69. The summed E-state index contributed by atoms with van der Waals surface area (Å²) in [5.74, 6) is 0.330. The van der Waals surface area contributed by atoms with Crippen molar-refractivity contribution in [2.24, 2.45) is 5.92 Å². The summed E-state index contributed by atoms with van der Waals surface area (Å²) in [4.78, 5) is 25.7. The fourth-order valence-electron chi connectivity index (χ4n) is 3.23. The number of anilines is 1. The molecule has 1 heterocycles. The molecule has 24 heavy (non-hydrogen) atoms. The Morgan fingerprint density at radius 3 is 2.50 bits per heavy atom. The Kier molecular flexibility index (Phi) is 6.84. The predicted molar refractivity (Wildman–Crippen MR) is 98.8 cm³/mol. The molecule has 1 fully saturated rings. The highest BCUT2D eigenvalue weighted by molar-refractivity contribution is 7.16. The highest BCUT2D eigenvalue weighted by Gasteiger charge is 2.23. The molecule has 0 spiro atoms. The number of rotatable bonds is 6. The van der Waals surface area contributed by atoms with Gasteiger partial charge in [0, 0.05) is 11.3 Å². The summed E-state index contributed by atoms with van der Waals surface area (Å²) in [6, 6.07) is 0. The van der Waals surface area contributed by atoms with Crippen LogP contribution in [-0.4, -0.2) is 18.0 Å². The van der Waals surface area contributed by atoms with Crippen LogP contribution in [0.1, 0.15) is 79.6 Å². The Morgan fingerprint density at radius 2 is 1.88 bits per heavy atom. The number of thiophene rings is 1. The van der Waals surface area contributed by atoms with Crippen molar-refractivity contribution in [2.45, 2.75) is 78.7 Å². The molecule has 5 heteroatoms. The van der Waals surface area contributed by atoms with Gasteiger partial charge in [-0.1, -0.05) is 32.1 Å². The topological polar surface area (TPSA) is 55.4 Å². The monoisotopic (exact) mass is 351 g/mol. The van der Waals surface area contributed by atoms with Crippen LogP contribution in [0.4, 0.5) is 5.00 Å². The maximum atomic E-state index is 12.3. The summed E-state index contributed by atoms with van der Waals surface area (Å²) in [6.07, 6.45) is 7.71. The second kappa shape index (κ2) is 8.65. The van der Waals surface area contributed by atoms with Gasteiger partial charge in [-0.05, 0) is 45.6 Å². The molecule has 0 unspecified atom stereocenters. The van der Waals surface area contributed by atoms with Gasteiger partial charge < -0.3 is 10.1 Å². The molecule has 1 saturated carbocycles. The molecule has 1 aliphatic rings. The molecule has 1 aliphatic carbocycles. The molecule has 0 bridgehead atoms. The Balaban J connectivity index is 1.99. The number of carbonyl (C=O) groups is 2. The quantitative estimate of drug-likeness (QED) is 0.714. The Bertz CT molecular complexity index is 586. The zero-order valence-electron chi connectivity index (χ0n) is 15.2. The highest BCUT2D eigenvalue weighted by atomic mass is 32.1. The lowest BCUT2D eigenvalue weighted by atomic mass is 9.86. The number of nitrogens with one attached hydrogen (secondary N) is 1. The smallest absolute Gasteiger partial charge is 0.341 e. The number of hydrogen-bond acceptors (Lipinski definition) is 4. The molecule has 1 amide bonds. The maximum absolute atomic E-state index is 12.3. The largest absolute Gasteiger partial charge is 0.459 e. The van der Waals surface area contributed by atoms with E-state index in [4.69, 9.17) is 4.74 Å². The number of carbonyl (C=O) groups excluding carboxylic acids is 2. The molecule has 2 rings (SSSR count). The predicted octanol–water partition coefficient (Wildman–Crippen LogP) is 5.23. The van der Waals surface area contributed by atoms with Crippen LogP contribution in [0.2, 0.25) is 0 Å². The normalized spacial score (nSPS) is 15.5. The van der Waals surface area contributed by atoms with Gasteiger partial charge in [0.25, 0.3) is 0 Å². The van der Waals surface area contributed by atoms with E-state index < -0.39 is 0 Å². The molecule has 0 aliphatic heterocycles. The second-order valence-corrected chi connectivity index (χ2v) is 8.26. The van der Waals surface area contributed by atoms with Crippen LogP contribution in [0.25, 0.3) is 0 Å². The standard InChI is InChI=1S/C19H29NO3S/c1-12(2)23-19(22)17-13(3)14(4)24-18(17)20-16(21)11-10-15-8-6-5-7-9-15/h12,15H,5-11H2,1-4H3,(H,20,21). The van der Waals surface area contributed by atoms with E-state index in [-0.39, 0.29) is 18.0 Å². The summed E-state index contributed by atoms with van der Waals surface area (Å²) in [7, 11) is 0. The van der Waals surface area contributed by atoms with Crippen molar-refractivity contribution in [1.82, 2.24) is 0 Å². The van der Waals surface area contributed by atoms with Crippen molar-refractivity contribution < 1.29 is 14.3 Å². The number of amides is 1. The van der Waals surface area contributed by atoms with Crippen LogP contribution < -0.4 is 5.32 Å². The number of aryl methyl sites for hydroxylation is 1. The van der Waals surface area contributed by atoms with Gasteiger partial charge in [0.15, 0.2) is 0 Å². The highest BCUT2D eigenvalue weighted by Crippen LogP contribution is 2.34. The Hall–Kier alpha value is -1.36. The third-order valence-corrected chi connectivity index (χ3v) is 5.81. The number of esters is 1. The van der Waals surface area contributed by atoms with Crippen LogP contribution >= 0.6 is 11.3 Å². The van der Waals surface area contributed by atoms with Gasteiger partial charge in [-0.15, -0.1) is 11.3 Å². The zero-order valence-corrected chi connectivity index (χ0v) is 16.1. The number of hydrogen-bond donors (Lipinski definition) is 1. The molecule has 0 saturated heterocycles. The van der Waals surface area contributed by atoms with Crippen LogP contribution in [0, 0.1) is 19.8 Å². The van der Waals surface area contributed by atoms with E-state index in [0.29, 0.717) is 22.9 Å². The molecular weight excluding hydrogens is 322 g/mol. The van der Waals surface area contributed by atoms with Gasteiger partial charge in [-0.25, -0.2) is 4.79 Å². The SMILES string of the molecule is Cc1sc(NC(=O)CCC2CCCCC2)c(C(=O)OC(C)C)c1C. The first-order chi connectivity index (χ1) is 11.4. The summed E-state index contributed by atoms with van der Waals surface area (Å²) in [5.41, 5.74) is 1.41. The van der Waals surface area contributed by atoms with E-state index in [9.17, 15) is 9.59 Å². The van der Waals surface area contributed by atoms with Gasteiger partial charge in [0.2, 0.25) is 5.91 Å². The lowest BCUT2D eigenvalue weighted by molar-refractivity contribution is -0.116.